The van der Waals surface area contributed by atoms with Gasteiger partial charge in [0.25, 0.3) is 0 Å². The van der Waals surface area contributed by atoms with Gasteiger partial charge in [-0.05, 0) is 73.1 Å². The zero-order valence-electron chi connectivity index (χ0n) is 15.8. The van der Waals surface area contributed by atoms with Crippen LogP contribution in [0.3, 0.4) is 0 Å². The summed E-state index contributed by atoms with van der Waals surface area (Å²) in [5, 5.41) is 0. The maximum absolute atomic E-state index is 11.2. The highest BCUT2D eigenvalue weighted by molar-refractivity contribution is 5.69. The van der Waals surface area contributed by atoms with E-state index in [1.807, 2.05) is 6.07 Å². The molecule has 1 aromatic rings. The van der Waals surface area contributed by atoms with Crippen molar-refractivity contribution in [2.45, 2.75) is 64.1 Å². The first kappa shape index (κ1) is 16.8. The van der Waals surface area contributed by atoms with Crippen molar-refractivity contribution >= 4 is 5.97 Å². The van der Waals surface area contributed by atoms with Crippen molar-refractivity contribution in [3.8, 4) is 5.75 Å². The molecule has 1 spiro atoms. The van der Waals surface area contributed by atoms with Crippen molar-refractivity contribution in [2.75, 3.05) is 13.2 Å². The first-order chi connectivity index (χ1) is 12.5. The maximum Gasteiger partial charge on any atom is 0.308 e. The van der Waals surface area contributed by atoms with Crippen LogP contribution in [-0.2, 0) is 20.7 Å². The van der Waals surface area contributed by atoms with Crippen molar-refractivity contribution in [3.05, 3.63) is 29.3 Å². The number of carbonyl (C=O) groups excluding carboxylic acids is 1. The predicted molar refractivity (Wildman–Crippen MR) is 97.0 cm³/mol. The molecule has 1 heterocycles. The van der Waals surface area contributed by atoms with E-state index in [1.54, 1.807) is 0 Å². The van der Waals surface area contributed by atoms with Gasteiger partial charge in [-0.15, -0.1) is 0 Å². The molecule has 0 unspecified atom stereocenters. The Hall–Kier alpha value is -1.39. The molecule has 5 rings (SSSR count). The number of benzene rings is 1. The number of fused-ring (bicyclic) bond motifs is 6. The summed E-state index contributed by atoms with van der Waals surface area (Å²) in [6.45, 7) is 5.38. The Morgan fingerprint density at radius 3 is 2.73 bits per heavy atom. The quantitative estimate of drug-likeness (QED) is 0.558. The van der Waals surface area contributed by atoms with E-state index in [4.69, 9.17) is 14.2 Å². The van der Waals surface area contributed by atoms with Crippen LogP contribution in [0.1, 0.15) is 63.0 Å². The average Bonchev–Trinajstić information content (AvgIpc) is 3.21. The van der Waals surface area contributed by atoms with Crippen molar-refractivity contribution in [1.82, 2.24) is 0 Å². The molecule has 4 heteroatoms. The van der Waals surface area contributed by atoms with E-state index in [0.29, 0.717) is 23.5 Å². The molecule has 0 bridgehead atoms. The van der Waals surface area contributed by atoms with Gasteiger partial charge in [-0.3, -0.25) is 4.79 Å². The van der Waals surface area contributed by atoms with Gasteiger partial charge in [-0.2, -0.15) is 0 Å². The molecule has 0 aromatic heterocycles. The number of ether oxygens (including phenoxy) is 3. The molecule has 1 saturated heterocycles. The summed E-state index contributed by atoms with van der Waals surface area (Å²) in [6.07, 6.45) is 6.94. The molecule has 4 aliphatic rings. The predicted octanol–water partition coefficient (Wildman–Crippen LogP) is 4.21. The highest BCUT2D eigenvalue weighted by Crippen LogP contribution is 2.66. The largest absolute Gasteiger partial charge is 0.427 e. The topological polar surface area (TPSA) is 44.8 Å². The summed E-state index contributed by atoms with van der Waals surface area (Å²) < 4.78 is 17.7. The van der Waals surface area contributed by atoms with E-state index in [9.17, 15) is 4.79 Å². The smallest absolute Gasteiger partial charge is 0.308 e. The van der Waals surface area contributed by atoms with E-state index in [0.717, 1.165) is 26.1 Å². The van der Waals surface area contributed by atoms with Gasteiger partial charge in [0.05, 0.1) is 13.2 Å². The average molecular weight is 356 g/mol. The number of hydrogen-bond donors (Lipinski definition) is 0. The van der Waals surface area contributed by atoms with Gasteiger partial charge in [-0.25, -0.2) is 0 Å². The lowest BCUT2D eigenvalue weighted by Crippen LogP contribution is -2.51. The Kier molecular flexibility index (Phi) is 3.74. The molecule has 26 heavy (non-hydrogen) atoms. The third-order valence-corrected chi connectivity index (χ3v) is 7.76. The van der Waals surface area contributed by atoms with E-state index >= 15 is 0 Å². The second kappa shape index (κ2) is 5.80. The number of hydrogen-bond acceptors (Lipinski definition) is 4. The van der Waals surface area contributed by atoms with E-state index < -0.39 is 0 Å². The minimum atomic E-state index is -0.317. The molecule has 0 amide bonds. The van der Waals surface area contributed by atoms with Gasteiger partial charge in [0.15, 0.2) is 5.79 Å². The lowest BCUT2D eigenvalue weighted by atomic mass is 9.55. The Balaban J connectivity index is 1.44. The Bertz CT molecular complexity index is 736. The molecule has 0 radical (unpaired) electrons. The fraction of sp³-hybridized carbons (Fsp3) is 0.682. The Morgan fingerprint density at radius 2 is 1.96 bits per heavy atom. The van der Waals surface area contributed by atoms with Gasteiger partial charge in [0.1, 0.15) is 5.75 Å². The van der Waals surface area contributed by atoms with Gasteiger partial charge in [0, 0.05) is 18.8 Å². The van der Waals surface area contributed by atoms with Crippen LogP contribution in [0.4, 0.5) is 0 Å². The van der Waals surface area contributed by atoms with Crippen molar-refractivity contribution < 1.29 is 19.0 Å². The third kappa shape index (κ3) is 2.24. The van der Waals surface area contributed by atoms with Gasteiger partial charge in [-0.1, -0.05) is 13.0 Å². The highest BCUT2D eigenvalue weighted by Gasteiger charge is 2.64. The fourth-order valence-corrected chi connectivity index (χ4v) is 6.67. The standard InChI is InChI=1S/C22H28O4/c1-14(23)26-16-4-6-17-15(13-16)3-5-19-18(17)7-9-21(2)20(19)8-10-22(21)24-11-12-25-22/h4,6,13,18-20H,3,5,7-12H2,1-2H3/t18-,19-,20+,21-/m1/s1. The summed E-state index contributed by atoms with van der Waals surface area (Å²) in [4.78, 5) is 11.2. The van der Waals surface area contributed by atoms with Gasteiger partial charge >= 0.3 is 5.97 Å². The summed E-state index contributed by atoms with van der Waals surface area (Å²) in [6, 6.07) is 6.26. The molecular weight excluding hydrogens is 328 g/mol. The first-order valence-electron chi connectivity index (χ1n) is 10.1. The molecule has 4 atom stereocenters. The van der Waals surface area contributed by atoms with Crippen LogP contribution in [0.15, 0.2) is 18.2 Å². The monoisotopic (exact) mass is 356 g/mol. The fourth-order valence-electron chi connectivity index (χ4n) is 6.67. The van der Waals surface area contributed by atoms with Crippen LogP contribution in [0.25, 0.3) is 0 Å². The van der Waals surface area contributed by atoms with Crippen molar-refractivity contribution in [1.29, 1.82) is 0 Å². The molecule has 2 saturated carbocycles. The van der Waals surface area contributed by atoms with E-state index in [1.165, 1.54) is 43.7 Å². The molecular formula is C22H28O4. The van der Waals surface area contributed by atoms with Crippen LogP contribution in [0.5, 0.6) is 5.75 Å². The lowest BCUT2D eigenvalue weighted by Gasteiger charge is -2.52. The third-order valence-electron chi connectivity index (χ3n) is 7.76. The minimum Gasteiger partial charge on any atom is -0.427 e. The molecule has 3 fully saturated rings. The summed E-state index contributed by atoms with van der Waals surface area (Å²) in [5.41, 5.74) is 3.00. The second-order valence-corrected chi connectivity index (χ2v) is 8.81. The minimum absolute atomic E-state index is 0.153. The van der Waals surface area contributed by atoms with Gasteiger partial charge in [0.2, 0.25) is 0 Å². The lowest BCUT2D eigenvalue weighted by molar-refractivity contribution is -0.237. The Labute approximate surface area is 155 Å². The maximum atomic E-state index is 11.2. The van der Waals surface area contributed by atoms with Crippen molar-refractivity contribution in [2.24, 2.45) is 17.3 Å². The summed E-state index contributed by atoms with van der Waals surface area (Å²) >= 11 is 0. The van der Waals surface area contributed by atoms with Crippen LogP contribution >= 0.6 is 0 Å². The number of carbonyl (C=O) groups is 1. The zero-order chi connectivity index (χ0) is 17.9. The molecule has 0 N–H and O–H groups in total. The summed E-state index contributed by atoms with van der Waals surface area (Å²) in [5.74, 6) is 2.14. The van der Waals surface area contributed by atoms with Crippen LogP contribution < -0.4 is 4.74 Å². The Morgan fingerprint density at radius 1 is 1.15 bits per heavy atom. The van der Waals surface area contributed by atoms with Gasteiger partial charge < -0.3 is 14.2 Å². The van der Waals surface area contributed by atoms with E-state index in [-0.39, 0.29) is 17.2 Å². The zero-order valence-corrected chi connectivity index (χ0v) is 15.8. The van der Waals surface area contributed by atoms with Crippen LogP contribution in [-0.4, -0.2) is 25.0 Å². The second-order valence-electron chi connectivity index (χ2n) is 8.81. The SMILES string of the molecule is CC(=O)Oc1ccc2c(c1)CC[C@@H]1[C@@H]2CC[C@]2(C)[C@H]1CCC21OCCO1. The first-order valence-corrected chi connectivity index (χ1v) is 10.1. The van der Waals surface area contributed by atoms with Crippen molar-refractivity contribution in [3.63, 3.8) is 0 Å². The summed E-state index contributed by atoms with van der Waals surface area (Å²) in [7, 11) is 0. The molecule has 1 aliphatic heterocycles. The molecule has 3 aliphatic carbocycles. The van der Waals surface area contributed by atoms with Crippen LogP contribution in [0.2, 0.25) is 0 Å². The molecule has 4 nitrogen and oxygen atoms in total. The number of esters is 1. The number of rotatable bonds is 1. The normalized spacial score (nSPS) is 37.1. The molecule has 1 aromatic carbocycles. The number of aryl methyl sites for hydroxylation is 1. The molecule has 140 valence electrons. The highest BCUT2D eigenvalue weighted by atomic mass is 16.7. The van der Waals surface area contributed by atoms with Crippen LogP contribution in [0, 0.1) is 17.3 Å². The van der Waals surface area contributed by atoms with E-state index in [2.05, 4.69) is 19.1 Å².